The van der Waals surface area contributed by atoms with Gasteiger partial charge in [0.2, 0.25) is 5.89 Å². The molecule has 0 spiro atoms. The number of oxazole rings is 1. The monoisotopic (exact) mass is 666 g/mol. The molecule has 0 saturated carbocycles. The van der Waals surface area contributed by atoms with Crippen molar-refractivity contribution >= 4 is 65.4 Å². The van der Waals surface area contributed by atoms with Crippen molar-refractivity contribution in [3.8, 4) is 45.6 Å². The first-order valence-corrected chi connectivity index (χ1v) is 17.2. The summed E-state index contributed by atoms with van der Waals surface area (Å²) in [5, 5.41) is 8.67. The highest BCUT2D eigenvalue weighted by molar-refractivity contribution is 6.25. The van der Waals surface area contributed by atoms with Crippen molar-refractivity contribution in [3.05, 3.63) is 158 Å². The summed E-state index contributed by atoms with van der Waals surface area (Å²) in [5.74, 6) is 2.39. The van der Waals surface area contributed by atoms with Crippen molar-refractivity contribution in [1.29, 1.82) is 0 Å². The maximum atomic E-state index is 6.48. The van der Waals surface area contributed by atoms with Gasteiger partial charge in [-0.05, 0) is 74.8 Å². The van der Waals surface area contributed by atoms with Gasteiger partial charge < -0.3 is 8.83 Å². The molecule has 3 aromatic heterocycles. The predicted molar refractivity (Wildman–Crippen MR) is 209 cm³/mol. The third-order valence-electron chi connectivity index (χ3n) is 9.92. The lowest BCUT2D eigenvalue weighted by atomic mass is 9.99. The largest absolute Gasteiger partial charge is 0.456 e. The molecule has 0 fully saturated rings. The molecule has 11 aromatic rings. The van der Waals surface area contributed by atoms with Crippen LogP contribution in [0.15, 0.2) is 167 Å². The zero-order valence-electron chi connectivity index (χ0n) is 27.6. The smallest absolute Gasteiger partial charge is 0.227 e. The number of fused-ring (bicyclic) bond motifs is 10. The van der Waals surface area contributed by atoms with E-state index >= 15 is 0 Å². The highest BCUT2D eigenvalue weighted by Gasteiger charge is 2.20. The van der Waals surface area contributed by atoms with E-state index < -0.39 is 0 Å². The van der Waals surface area contributed by atoms with Gasteiger partial charge in [-0.15, -0.1) is 0 Å². The van der Waals surface area contributed by atoms with E-state index in [1.54, 1.807) is 0 Å². The fraction of sp³-hybridized carbons (Fsp3) is 0. The molecule has 0 aliphatic carbocycles. The molecule has 6 nitrogen and oxygen atoms in total. The van der Waals surface area contributed by atoms with Gasteiger partial charge in [0.05, 0.1) is 5.39 Å². The Balaban J connectivity index is 1.14. The minimum Gasteiger partial charge on any atom is -0.456 e. The molecular formula is C46H26N4O2. The standard InChI is InChI=1S/C46H26N4O2/c1-3-10-30(11-4-1)43-48-44(32-19-17-28-16-15-27-9-7-8-14-34(27)35(28)25-32)50-45(49-43)33-20-18-29-21-23-38-40(36(29)26-33)41-39(51-38)24-22-37-42(41)52-46(47-37)31-12-5-2-6-13-31/h1-26H. The van der Waals surface area contributed by atoms with Crippen molar-refractivity contribution in [2.24, 2.45) is 0 Å². The summed E-state index contributed by atoms with van der Waals surface area (Å²) >= 11 is 0. The Labute approximate surface area is 296 Å². The molecule has 242 valence electrons. The van der Waals surface area contributed by atoms with E-state index in [0.717, 1.165) is 65.9 Å². The quantitative estimate of drug-likeness (QED) is 0.174. The van der Waals surface area contributed by atoms with Gasteiger partial charge in [0.1, 0.15) is 16.7 Å². The van der Waals surface area contributed by atoms with Crippen molar-refractivity contribution in [2.75, 3.05) is 0 Å². The zero-order valence-corrected chi connectivity index (χ0v) is 27.6. The number of hydrogen-bond donors (Lipinski definition) is 0. The third kappa shape index (κ3) is 4.51. The molecule has 6 heteroatoms. The first-order valence-electron chi connectivity index (χ1n) is 17.2. The van der Waals surface area contributed by atoms with E-state index in [2.05, 4.69) is 78.9 Å². The molecule has 3 heterocycles. The van der Waals surface area contributed by atoms with Crippen LogP contribution in [0.4, 0.5) is 0 Å². The van der Waals surface area contributed by atoms with Crippen LogP contribution in [-0.4, -0.2) is 19.9 Å². The molecule has 0 radical (unpaired) electrons. The number of nitrogens with zero attached hydrogens (tertiary/aromatic N) is 4. The van der Waals surface area contributed by atoms with Crippen molar-refractivity contribution in [2.45, 2.75) is 0 Å². The molecule has 11 rings (SSSR count). The molecule has 0 aliphatic rings. The van der Waals surface area contributed by atoms with Gasteiger partial charge in [0.15, 0.2) is 23.1 Å². The summed E-state index contributed by atoms with van der Waals surface area (Å²) in [4.78, 5) is 20.1. The van der Waals surface area contributed by atoms with Crippen LogP contribution in [0.25, 0.3) is 111 Å². The third-order valence-corrected chi connectivity index (χ3v) is 9.92. The Kier molecular flexibility index (Phi) is 6.15. The van der Waals surface area contributed by atoms with Crippen LogP contribution < -0.4 is 0 Å². The van der Waals surface area contributed by atoms with Crippen LogP contribution in [0.2, 0.25) is 0 Å². The van der Waals surface area contributed by atoms with Crippen molar-refractivity contribution in [3.63, 3.8) is 0 Å². The van der Waals surface area contributed by atoms with E-state index in [4.69, 9.17) is 28.8 Å². The Morgan fingerprint density at radius 3 is 1.63 bits per heavy atom. The minimum absolute atomic E-state index is 0.575. The minimum atomic E-state index is 0.575. The van der Waals surface area contributed by atoms with Gasteiger partial charge in [0, 0.05) is 27.6 Å². The van der Waals surface area contributed by atoms with Gasteiger partial charge in [-0.2, -0.15) is 0 Å². The number of hydrogen-bond acceptors (Lipinski definition) is 6. The summed E-state index contributed by atoms with van der Waals surface area (Å²) in [7, 11) is 0. The molecular weight excluding hydrogens is 641 g/mol. The van der Waals surface area contributed by atoms with Gasteiger partial charge in [-0.3, -0.25) is 0 Å². The zero-order chi connectivity index (χ0) is 34.2. The van der Waals surface area contributed by atoms with Crippen LogP contribution >= 0.6 is 0 Å². The second-order valence-corrected chi connectivity index (χ2v) is 13.0. The lowest BCUT2D eigenvalue weighted by Crippen LogP contribution is -2.00. The maximum absolute atomic E-state index is 6.48. The van der Waals surface area contributed by atoms with Crippen LogP contribution in [0, 0.1) is 0 Å². The number of rotatable bonds is 4. The number of benzene rings is 8. The molecule has 0 N–H and O–H groups in total. The Morgan fingerprint density at radius 2 is 0.885 bits per heavy atom. The van der Waals surface area contributed by atoms with E-state index in [1.807, 2.05) is 78.9 Å². The molecule has 8 aromatic carbocycles. The van der Waals surface area contributed by atoms with Gasteiger partial charge in [0.25, 0.3) is 0 Å². The lowest BCUT2D eigenvalue weighted by molar-refractivity contribution is 0.622. The Morgan fingerprint density at radius 1 is 0.346 bits per heavy atom. The fourth-order valence-electron chi connectivity index (χ4n) is 7.39. The van der Waals surface area contributed by atoms with Crippen LogP contribution in [-0.2, 0) is 0 Å². The van der Waals surface area contributed by atoms with Crippen LogP contribution in [0.1, 0.15) is 0 Å². The van der Waals surface area contributed by atoms with Crippen LogP contribution in [0.5, 0.6) is 0 Å². The normalized spacial score (nSPS) is 11.8. The average Bonchev–Trinajstić information content (AvgIpc) is 3.83. The van der Waals surface area contributed by atoms with Crippen LogP contribution in [0.3, 0.4) is 0 Å². The molecule has 0 amide bonds. The molecule has 0 atom stereocenters. The second kappa shape index (κ2) is 11.2. The Hall–Kier alpha value is -7.18. The first kappa shape index (κ1) is 28.6. The number of furan rings is 1. The first-order chi connectivity index (χ1) is 25.7. The molecule has 0 unspecified atom stereocenters. The van der Waals surface area contributed by atoms with Crippen molar-refractivity contribution in [1.82, 2.24) is 19.9 Å². The maximum Gasteiger partial charge on any atom is 0.227 e. The topological polar surface area (TPSA) is 77.8 Å². The summed E-state index contributed by atoms with van der Waals surface area (Å²) in [6, 6.07) is 53.7. The molecule has 52 heavy (non-hydrogen) atoms. The molecule has 0 aliphatic heterocycles. The molecule has 0 saturated heterocycles. The van der Waals surface area contributed by atoms with Gasteiger partial charge >= 0.3 is 0 Å². The van der Waals surface area contributed by atoms with Gasteiger partial charge in [-0.1, -0.05) is 115 Å². The average molecular weight is 667 g/mol. The Bertz CT molecular complexity index is 3180. The van der Waals surface area contributed by atoms with Crippen molar-refractivity contribution < 1.29 is 8.83 Å². The van der Waals surface area contributed by atoms with E-state index in [9.17, 15) is 0 Å². The molecule has 0 bridgehead atoms. The summed E-state index contributed by atoms with van der Waals surface area (Å²) in [6.07, 6.45) is 0. The SMILES string of the molecule is c1ccc(-c2nc(-c3ccc4ccc5ccccc5c4c3)nc(-c3ccc4ccc5oc6ccc7nc(-c8ccccc8)oc7c6c5c4c3)n2)cc1. The van der Waals surface area contributed by atoms with Gasteiger partial charge in [-0.25, -0.2) is 19.9 Å². The summed E-state index contributed by atoms with van der Waals surface area (Å²) in [6.45, 7) is 0. The van der Waals surface area contributed by atoms with E-state index in [1.165, 1.54) is 16.2 Å². The highest BCUT2D eigenvalue weighted by atomic mass is 16.4. The van der Waals surface area contributed by atoms with E-state index in [0.29, 0.717) is 28.9 Å². The fourth-order valence-corrected chi connectivity index (χ4v) is 7.39. The highest BCUT2D eigenvalue weighted by Crippen LogP contribution is 2.41. The second-order valence-electron chi connectivity index (χ2n) is 13.0. The number of aromatic nitrogens is 4. The summed E-state index contributed by atoms with van der Waals surface area (Å²) < 4.78 is 12.9. The lowest BCUT2D eigenvalue weighted by Gasteiger charge is -2.11. The predicted octanol–water partition coefficient (Wildman–Crippen LogP) is 12.0. The summed E-state index contributed by atoms with van der Waals surface area (Å²) in [5.41, 5.74) is 6.64. The van der Waals surface area contributed by atoms with E-state index in [-0.39, 0.29) is 0 Å².